The van der Waals surface area contributed by atoms with E-state index < -0.39 is 0 Å². The van der Waals surface area contributed by atoms with Crippen LogP contribution in [0.4, 0.5) is 21.6 Å². The quantitative estimate of drug-likeness (QED) is 0.895. The van der Waals surface area contributed by atoms with Crippen LogP contribution in [-0.2, 0) is 4.79 Å². The minimum atomic E-state index is -0.277. The number of pyridine rings is 1. The Hall–Kier alpha value is -2.43. The Morgan fingerprint density at radius 1 is 1.10 bits per heavy atom. The van der Waals surface area contributed by atoms with Crippen molar-refractivity contribution in [3.8, 4) is 0 Å². The van der Waals surface area contributed by atoms with Crippen LogP contribution in [0.2, 0.25) is 0 Å². The van der Waals surface area contributed by atoms with Gasteiger partial charge in [0.25, 0.3) is 0 Å². The molecule has 0 atom stereocenters. The summed E-state index contributed by atoms with van der Waals surface area (Å²) in [4.78, 5) is 15.7. The summed E-state index contributed by atoms with van der Waals surface area (Å²) in [5.41, 5.74) is 1.53. The van der Waals surface area contributed by atoms with Crippen LogP contribution >= 0.6 is 0 Å². The number of aromatic nitrogens is 1. The van der Waals surface area contributed by atoms with Crippen molar-refractivity contribution in [2.45, 2.75) is 13.8 Å². The van der Waals surface area contributed by atoms with Crippen molar-refractivity contribution in [3.63, 3.8) is 0 Å². The van der Waals surface area contributed by atoms with E-state index in [-0.39, 0.29) is 17.6 Å². The smallest absolute Gasteiger partial charge is 0.228 e. The second-order valence-electron chi connectivity index (χ2n) is 4.71. The minimum Gasteiger partial charge on any atom is -0.354 e. The van der Waals surface area contributed by atoms with Crippen molar-refractivity contribution >= 4 is 23.1 Å². The third kappa shape index (κ3) is 3.78. The number of benzene rings is 1. The number of carbonyl (C=O) groups is 1. The number of rotatable bonds is 4. The first-order chi connectivity index (χ1) is 9.54. The van der Waals surface area contributed by atoms with Gasteiger partial charge in [-0.05, 0) is 36.4 Å². The van der Waals surface area contributed by atoms with Crippen molar-refractivity contribution in [1.29, 1.82) is 0 Å². The topological polar surface area (TPSA) is 54.0 Å². The second kappa shape index (κ2) is 6.14. The predicted octanol–water partition coefficient (Wildman–Crippen LogP) is 3.56. The molecule has 0 aliphatic rings. The SMILES string of the molecule is CC(C)C(=O)Nc1ccc(Nc2ccc(F)cc2)cn1. The standard InChI is InChI=1S/C15H16FN3O/c1-10(2)15(20)19-14-8-7-13(9-17-14)18-12-5-3-11(16)4-6-12/h3-10,18H,1-2H3,(H,17,19,20). The number of carbonyl (C=O) groups excluding carboxylic acids is 1. The van der Waals surface area contributed by atoms with Gasteiger partial charge in [0.15, 0.2) is 0 Å². The molecular formula is C15H16FN3O. The van der Waals surface area contributed by atoms with E-state index in [1.165, 1.54) is 12.1 Å². The summed E-state index contributed by atoms with van der Waals surface area (Å²) in [6.07, 6.45) is 1.61. The summed E-state index contributed by atoms with van der Waals surface area (Å²) in [5, 5.41) is 5.81. The lowest BCUT2D eigenvalue weighted by Gasteiger charge is -2.09. The van der Waals surface area contributed by atoms with Gasteiger partial charge in [0.1, 0.15) is 11.6 Å². The van der Waals surface area contributed by atoms with Crippen LogP contribution in [0.15, 0.2) is 42.6 Å². The van der Waals surface area contributed by atoms with Gasteiger partial charge < -0.3 is 10.6 Å². The maximum absolute atomic E-state index is 12.8. The average Bonchev–Trinajstić information content (AvgIpc) is 2.43. The van der Waals surface area contributed by atoms with Crippen LogP contribution in [0.1, 0.15) is 13.8 Å². The van der Waals surface area contributed by atoms with E-state index in [0.717, 1.165) is 11.4 Å². The van der Waals surface area contributed by atoms with Gasteiger partial charge in [0.05, 0.1) is 11.9 Å². The summed E-state index contributed by atoms with van der Waals surface area (Å²) in [6, 6.07) is 9.56. The van der Waals surface area contributed by atoms with Crippen LogP contribution < -0.4 is 10.6 Å². The molecule has 2 N–H and O–H groups in total. The zero-order valence-corrected chi connectivity index (χ0v) is 11.4. The van der Waals surface area contributed by atoms with Crippen molar-refractivity contribution in [3.05, 3.63) is 48.4 Å². The van der Waals surface area contributed by atoms with Gasteiger partial charge in [0, 0.05) is 11.6 Å². The molecule has 5 heteroatoms. The van der Waals surface area contributed by atoms with Crippen LogP contribution in [0.5, 0.6) is 0 Å². The largest absolute Gasteiger partial charge is 0.354 e. The van der Waals surface area contributed by atoms with Crippen LogP contribution in [0.3, 0.4) is 0 Å². The summed E-state index contributed by atoms with van der Waals surface area (Å²) in [7, 11) is 0. The predicted molar refractivity (Wildman–Crippen MR) is 77.4 cm³/mol. The molecule has 1 aromatic carbocycles. The highest BCUT2D eigenvalue weighted by molar-refractivity contribution is 5.91. The van der Waals surface area contributed by atoms with Gasteiger partial charge in [-0.2, -0.15) is 0 Å². The van der Waals surface area contributed by atoms with Crippen molar-refractivity contribution in [1.82, 2.24) is 4.98 Å². The molecule has 0 aliphatic heterocycles. The lowest BCUT2D eigenvalue weighted by molar-refractivity contribution is -0.118. The Kier molecular flexibility index (Phi) is 4.30. The third-order valence-electron chi connectivity index (χ3n) is 2.67. The molecule has 0 saturated carbocycles. The van der Waals surface area contributed by atoms with Crippen molar-refractivity contribution < 1.29 is 9.18 Å². The maximum Gasteiger partial charge on any atom is 0.228 e. The van der Waals surface area contributed by atoms with Crippen LogP contribution in [0.25, 0.3) is 0 Å². The molecule has 104 valence electrons. The molecular weight excluding hydrogens is 257 g/mol. The van der Waals surface area contributed by atoms with Gasteiger partial charge >= 0.3 is 0 Å². The summed E-state index contributed by atoms with van der Waals surface area (Å²) in [5.74, 6) is 0.0688. The monoisotopic (exact) mass is 273 g/mol. The number of halogens is 1. The van der Waals surface area contributed by atoms with Crippen molar-refractivity contribution in [2.24, 2.45) is 5.92 Å². The zero-order chi connectivity index (χ0) is 14.5. The highest BCUT2D eigenvalue weighted by atomic mass is 19.1. The Bertz CT molecular complexity index is 579. The molecule has 0 saturated heterocycles. The lowest BCUT2D eigenvalue weighted by atomic mass is 10.2. The Labute approximate surface area is 117 Å². The van der Waals surface area contributed by atoms with Gasteiger partial charge in [-0.25, -0.2) is 9.37 Å². The molecule has 4 nitrogen and oxygen atoms in total. The van der Waals surface area contributed by atoms with E-state index in [4.69, 9.17) is 0 Å². The van der Waals surface area contributed by atoms with E-state index in [1.54, 1.807) is 30.5 Å². The second-order valence-corrected chi connectivity index (χ2v) is 4.71. The first-order valence-corrected chi connectivity index (χ1v) is 6.34. The lowest BCUT2D eigenvalue weighted by Crippen LogP contribution is -2.18. The minimum absolute atomic E-state index is 0.0725. The van der Waals surface area contributed by atoms with Crippen LogP contribution in [0, 0.1) is 11.7 Å². The molecule has 0 radical (unpaired) electrons. The van der Waals surface area contributed by atoms with Gasteiger partial charge in [-0.15, -0.1) is 0 Å². The number of hydrogen-bond acceptors (Lipinski definition) is 3. The molecule has 2 aromatic rings. The average molecular weight is 273 g/mol. The van der Waals surface area contributed by atoms with Gasteiger partial charge in [-0.3, -0.25) is 4.79 Å². The van der Waals surface area contributed by atoms with E-state index >= 15 is 0 Å². The fourth-order valence-electron chi connectivity index (χ4n) is 1.51. The molecule has 1 amide bonds. The molecule has 0 spiro atoms. The van der Waals surface area contributed by atoms with E-state index in [1.807, 2.05) is 13.8 Å². The fourth-order valence-corrected chi connectivity index (χ4v) is 1.51. The highest BCUT2D eigenvalue weighted by Gasteiger charge is 2.07. The highest BCUT2D eigenvalue weighted by Crippen LogP contribution is 2.17. The number of nitrogens with one attached hydrogen (secondary N) is 2. The number of anilines is 3. The Balaban J connectivity index is 2.01. The molecule has 0 aliphatic carbocycles. The molecule has 0 bridgehead atoms. The molecule has 1 heterocycles. The van der Waals surface area contributed by atoms with Gasteiger partial charge in [-0.1, -0.05) is 13.8 Å². The Morgan fingerprint density at radius 2 is 1.75 bits per heavy atom. The molecule has 20 heavy (non-hydrogen) atoms. The van der Waals surface area contributed by atoms with Crippen LogP contribution in [-0.4, -0.2) is 10.9 Å². The molecule has 0 unspecified atom stereocenters. The normalized spacial score (nSPS) is 10.4. The van der Waals surface area contributed by atoms with E-state index in [2.05, 4.69) is 15.6 Å². The number of hydrogen-bond donors (Lipinski definition) is 2. The third-order valence-corrected chi connectivity index (χ3v) is 2.67. The first kappa shape index (κ1) is 14.0. The molecule has 0 fully saturated rings. The molecule has 2 rings (SSSR count). The Morgan fingerprint density at radius 3 is 2.30 bits per heavy atom. The molecule has 1 aromatic heterocycles. The van der Waals surface area contributed by atoms with E-state index in [0.29, 0.717) is 5.82 Å². The summed E-state index contributed by atoms with van der Waals surface area (Å²) < 4.78 is 12.8. The number of amides is 1. The number of nitrogens with zero attached hydrogens (tertiary/aromatic N) is 1. The maximum atomic E-state index is 12.8. The summed E-state index contributed by atoms with van der Waals surface area (Å²) in [6.45, 7) is 3.64. The fraction of sp³-hybridized carbons (Fsp3) is 0.200. The van der Waals surface area contributed by atoms with Crippen molar-refractivity contribution in [2.75, 3.05) is 10.6 Å². The van der Waals surface area contributed by atoms with E-state index in [9.17, 15) is 9.18 Å². The van der Waals surface area contributed by atoms with Gasteiger partial charge in [0.2, 0.25) is 5.91 Å². The summed E-state index contributed by atoms with van der Waals surface area (Å²) >= 11 is 0. The zero-order valence-electron chi connectivity index (χ0n) is 11.4. The first-order valence-electron chi connectivity index (χ1n) is 6.34.